The molecule has 4 rings (SSSR count). The van der Waals surface area contributed by atoms with Crippen LogP contribution in [0.3, 0.4) is 0 Å². The highest BCUT2D eigenvalue weighted by Crippen LogP contribution is 2.36. The number of benzene rings is 2. The summed E-state index contributed by atoms with van der Waals surface area (Å²) in [7, 11) is 3.23. The number of pyridine rings is 1. The van der Waals surface area contributed by atoms with Crippen LogP contribution in [0.4, 0.5) is 11.4 Å². The average molecular weight is 410 g/mol. The number of thioether (sulfide) groups is 1. The monoisotopic (exact) mass is 409 g/mol. The Balaban J connectivity index is 1.80. The number of aromatic nitrogens is 1. The summed E-state index contributed by atoms with van der Waals surface area (Å²) in [4.78, 5) is 19.7. The molecule has 2 aromatic carbocycles. The molecular formula is C22H23N3O3S. The van der Waals surface area contributed by atoms with Gasteiger partial charge in [0.25, 0.3) is 5.91 Å². The van der Waals surface area contributed by atoms with E-state index in [0.717, 1.165) is 46.9 Å². The largest absolute Gasteiger partial charge is 0.497 e. The van der Waals surface area contributed by atoms with E-state index in [1.165, 1.54) is 0 Å². The van der Waals surface area contributed by atoms with Crippen LogP contribution < -0.4 is 14.8 Å². The van der Waals surface area contributed by atoms with Crippen LogP contribution in [0.1, 0.15) is 10.4 Å². The van der Waals surface area contributed by atoms with Crippen molar-refractivity contribution >= 4 is 39.9 Å². The second-order valence-corrected chi connectivity index (χ2v) is 7.88. The zero-order valence-corrected chi connectivity index (χ0v) is 17.3. The lowest BCUT2D eigenvalue weighted by molar-refractivity contribution is 0.0773. The van der Waals surface area contributed by atoms with Crippen molar-refractivity contribution in [3.63, 3.8) is 0 Å². The number of nitrogens with zero attached hydrogens (tertiary/aromatic N) is 2. The van der Waals surface area contributed by atoms with Gasteiger partial charge in [-0.1, -0.05) is 18.2 Å². The first-order valence-electron chi connectivity index (χ1n) is 9.45. The SMILES string of the molecule is COc1ccc(Nc2c(C(=O)N3CCSCC3)cnc3ccccc23)c(OC)c1. The topological polar surface area (TPSA) is 63.7 Å². The highest BCUT2D eigenvalue weighted by molar-refractivity contribution is 7.99. The molecule has 150 valence electrons. The third kappa shape index (κ3) is 3.96. The minimum atomic E-state index is -0.00136. The minimum Gasteiger partial charge on any atom is -0.497 e. The van der Waals surface area contributed by atoms with Gasteiger partial charge in [0, 0.05) is 42.2 Å². The lowest BCUT2D eigenvalue weighted by Crippen LogP contribution is -2.38. The zero-order valence-electron chi connectivity index (χ0n) is 16.5. The number of methoxy groups -OCH3 is 2. The van der Waals surface area contributed by atoms with Crippen LogP contribution in [-0.4, -0.2) is 54.6 Å². The Labute approximate surface area is 174 Å². The van der Waals surface area contributed by atoms with E-state index >= 15 is 0 Å². The molecule has 0 aliphatic carbocycles. The van der Waals surface area contributed by atoms with Crippen molar-refractivity contribution in [2.75, 3.05) is 44.1 Å². The molecule has 1 fully saturated rings. The molecule has 6 nitrogen and oxygen atoms in total. The highest BCUT2D eigenvalue weighted by Gasteiger charge is 2.23. The minimum absolute atomic E-state index is 0.00136. The fourth-order valence-electron chi connectivity index (χ4n) is 3.41. The van der Waals surface area contributed by atoms with Crippen molar-refractivity contribution in [1.82, 2.24) is 9.88 Å². The van der Waals surface area contributed by atoms with Gasteiger partial charge >= 0.3 is 0 Å². The number of rotatable bonds is 5. The molecule has 0 bridgehead atoms. The van der Waals surface area contributed by atoms with Crippen LogP contribution in [0.15, 0.2) is 48.7 Å². The summed E-state index contributed by atoms with van der Waals surface area (Å²) in [5.41, 5.74) is 2.89. The normalized spacial score (nSPS) is 13.9. The van der Waals surface area contributed by atoms with E-state index in [4.69, 9.17) is 9.47 Å². The molecule has 0 spiro atoms. The number of amides is 1. The van der Waals surface area contributed by atoms with Gasteiger partial charge in [-0.25, -0.2) is 0 Å². The predicted molar refractivity (Wildman–Crippen MR) is 118 cm³/mol. The van der Waals surface area contributed by atoms with E-state index in [1.54, 1.807) is 20.4 Å². The van der Waals surface area contributed by atoms with Crippen LogP contribution in [0, 0.1) is 0 Å². The maximum absolute atomic E-state index is 13.3. The van der Waals surface area contributed by atoms with Crippen LogP contribution in [0.2, 0.25) is 0 Å². The van der Waals surface area contributed by atoms with Gasteiger partial charge < -0.3 is 19.7 Å². The molecule has 0 saturated carbocycles. The smallest absolute Gasteiger partial charge is 0.257 e. The first-order valence-corrected chi connectivity index (χ1v) is 10.6. The van der Waals surface area contributed by atoms with E-state index in [-0.39, 0.29) is 5.91 Å². The molecule has 1 amide bonds. The first-order chi connectivity index (χ1) is 14.2. The molecule has 0 atom stereocenters. The van der Waals surface area contributed by atoms with E-state index in [9.17, 15) is 4.79 Å². The Morgan fingerprint density at radius 2 is 1.90 bits per heavy atom. The van der Waals surface area contributed by atoms with Crippen molar-refractivity contribution in [2.24, 2.45) is 0 Å². The Hall–Kier alpha value is -2.93. The van der Waals surface area contributed by atoms with Gasteiger partial charge in [-0.3, -0.25) is 9.78 Å². The molecule has 29 heavy (non-hydrogen) atoms. The van der Waals surface area contributed by atoms with Gasteiger partial charge in [-0.15, -0.1) is 0 Å². The maximum atomic E-state index is 13.3. The quantitative estimate of drug-likeness (QED) is 0.682. The molecule has 0 unspecified atom stereocenters. The van der Waals surface area contributed by atoms with E-state index in [2.05, 4.69) is 10.3 Å². The van der Waals surface area contributed by atoms with Crippen molar-refractivity contribution < 1.29 is 14.3 Å². The molecule has 3 aromatic rings. The zero-order chi connectivity index (χ0) is 20.2. The lowest BCUT2D eigenvalue weighted by Gasteiger charge is -2.27. The highest BCUT2D eigenvalue weighted by atomic mass is 32.2. The maximum Gasteiger partial charge on any atom is 0.257 e. The third-order valence-electron chi connectivity index (χ3n) is 4.97. The van der Waals surface area contributed by atoms with Crippen molar-refractivity contribution in [1.29, 1.82) is 0 Å². The summed E-state index contributed by atoms with van der Waals surface area (Å²) in [6.07, 6.45) is 1.67. The molecule has 2 heterocycles. The number of hydrogen-bond donors (Lipinski definition) is 1. The molecule has 1 saturated heterocycles. The van der Waals surface area contributed by atoms with Gasteiger partial charge in [-0.2, -0.15) is 11.8 Å². The number of anilines is 2. The number of fused-ring (bicyclic) bond motifs is 1. The number of para-hydroxylation sites is 1. The van der Waals surface area contributed by atoms with Gasteiger partial charge in [0.1, 0.15) is 11.5 Å². The van der Waals surface area contributed by atoms with Gasteiger partial charge in [0.15, 0.2) is 0 Å². The van der Waals surface area contributed by atoms with Gasteiger partial charge in [0.2, 0.25) is 0 Å². The van der Waals surface area contributed by atoms with E-state index in [1.807, 2.05) is 59.1 Å². The molecule has 1 aromatic heterocycles. The number of ether oxygens (including phenoxy) is 2. The van der Waals surface area contributed by atoms with Crippen molar-refractivity contribution in [3.05, 3.63) is 54.2 Å². The van der Waals surface area contributed by atoms with E-state index < -0.39 is 0 Å². The second-order valence-electron chi connectivity index (χ2n) is 6.66. The first kappa shape index (κ1) is 19.4. The molecule has 1 aliphatic heterocycles. The third-order valence-corrected chi connectivity index (χ3v) is 5.92. The fourth-order valence-corrected chi connectivity index (χ4v) is 4.31. The number of carbonyl (C=O) groups is 1. The van der Waals surface area contributed by atoms with Crippen LogP contribution in [0.5, 0.6) is 11.5 Å². The standard InChI is InChI=1S/C22H23N3O3S/c1-27-15-7-8-19(20(13-15)28-2)24-21-16-5-3-4-6-18(16)23-14-17(21)22(26)25-9-11-29-12-10-25/h3-8,13-14H,9-12H2,1-2H3,(H,23,24). The molecule has 0 radical (unpaired) electrons. The fraction of sp³-hybridized carbons (Fsp3) is 0.273. The van der Waals surface area contributed by atoms with Gasteiger partial charge in [-0.05, 0) is 18.2 Å². The predicted octanol–water partition coefficient (Wildman–Crippen LogP) is 4.18. The van der Waals surface area contributed by atoms with E-state index in [0.29, 0.717) is 17.1 Å². The molecule has 1 aliphatic rings. The summed E-state index contributed by atoms with van der Waals surface area (Å²) >= 11 is 1.88. The van der Waals surface area contributed by atoms with Crippen molar-refractivity contribution in [2.45, 2.75) is 0 Å². The Kier molecular flexibility index (Phi) is 5.76. The second kappa shape index (κ2) is 8.61. The van der Waals surface area contributed by atoms with Crippen LogP contribution in [-0.2, 0) is 0 Å². The molecule has 7 heteroatoms. The molecule has 1 N–H and O–H groups in total. The van der Waals surface area contributed by atoms with Gasteiger partial charge in [0.05, 0.1) is 36.7 Å². The summed E-state index contributed by atoms with van der Waals surface area (Å²) < 4.78 is 10.8. The van der Waals surface area contributed by atoms with Crippen LogP contribution >= 0.6 is 11.8 Å². The summed E-state index contributed by atoms with van der Waals surface area (Å²) in [5, 5.41) is 4.32. The average Bonchev–Trinajstić information content (AvgIpc) is 2.79. The summed E-state index contributed by atoms with van der Waals surface area (Å²) in [6, 6.07) is 13.4. The number of carbonyl (C=O) groups excluding carboxylic acids is 1. The summed E-state index contributed by atoms with van der Waals surface area (Å²) in [5.74, 6) is 3.26. The molecular weight excluding hydrogens is 386 g/mol. The number of hydrogen-bond acceptors (Lipinski definition) is 6. The van der Waals surface area contributed by atoms with Crippen LogP contribution in [0.25, 0.3) is 10.9 Å². The lowest BCUT2D eigenvalue weighted by atomic mass is 10.1. The Morgan fingerprint density at radius 3 is 2.66 bits per heavy atom. The van der Waals surface area contributed by atoms with Crippen molar-refractivity contribution in [3.8, 4) is 11.5 Å². The Morgan fingerprint density at radius 1 is 1.10 bits per heavy atom. The number of nitrogens with one attached hydrogen (secondary N) is 1. The Bertz CT molecular complexity index is 1030. The summed E-state index contributed by atoms with van der Waals surface area (Å²) in [6.45, 7) is 1.50.